The van der Waals surface area contributed by atoms with Gasteiger partial charge in [-0.15, -0.1) is 16.4 Å². The second-order valence-electron chi connectivity index (χ2n) is 5.44. The fourth-order valence-electron chi connectivity index (χ4n) is 2.68. The van der Waals surface area contributed by atoms with Crippen LogP contribution < -0.4 is 5.32 Å². The maximum absolute atomic E-state index is 12.1. The number of thioether (sulfide) groups is 1. The summed E-state index contributed by atoms with van der Waals surface area (Å²) >= 11 is 3.06. The highest BCUT2D eigenvalue weighted by Gasteiger charge is 2.22. The highest BCUT2D eigenvalue weighted by Crippen LogP contribution is 2.31. The van der Waals surface area contributed by atoms with E-state index in [4.69, 9.17) is 0 Å². The molecule has 118 valence electrons. The lowest BCUT2D eigenvalue weighted by Crippen LogP contribution is -2.27. The van der Waals surface area contributed by atoms with Crippen LogP contribution in [0.15, 0.2) is 22.7 Å². The molecule has 2 aromatic heterocycles. The summed E-state index contributed by atoms with van der Waals surface area (Å²) in [5, 5.41) is 17.7. The maximum atomic E-state index is 12.1. The van der Waals surface area contributed by atoms with Crippen LogP contribution in [0, 0.1) is 0 Å². The molecule has 6 nitrogen and oxygen atoms in total. The number of rotatable bonds is 6. The number of hydrogen-bond acceptors (Lipinski definition) is 6. The van der Waals surface area contributed by atoms with Crippen LogP contribution in [-0.2, 0) is 4.79 Å². The molecule has 1 saturated carbocycles. The molecule has 1 fully saturated rings. The average Bonchev–Trinajstić information content (AvgIpc) is 3.24. The van der Waals surface area contributed by atoms with Crippen molar-refractivity contribution in [1.82, 2.24) is 25.5 Å². The number of tetrazole rings is 1. The van der Waals surface area contributed by atoms with E-state index in [0.717, 1.165) is 22.9 Å². The van der Waals surface area contributed by atoms with Gasteiger partial charge in [0, 0.05) is 4.88 Å². The first kappa shape index (κ1) is 15.5. The van der Waals surface area contributed by atoms with E-state index in [1.807, 2.05) is 29.1 Å². The van der Waals surface area contributed by atoms with Crippen LogP contribution in [0.25, 0.3) is 0 Å². The molecule has 8 heteroatoms. The first-order valence-electron chi connectivity index (χ1n) is 7.47. The Labute approximate surface area is 137 Å². The highest BCUT2D eigenvalue weighted by molar-refractivity contribution is 7.99. The van der Waals surface area contributed by atoms with Crippen molar-refractivity contribution >= 4 is 29.0 Å². The molecule has 1 atom stereocenters. The monoisotopic (exact) mass is 337 g/mol. The predicted molar refractivity (Wildman–Crippen MR) is 86.9 cm³/mol. The highest BCUT2D eigenvalue weighted by atomic mass is 32.2. The van der Waals surface area contributed by atoms with Gasteiger partial charge in [0.15, 0.2) is 0 Å². The van der Waals surface area contributed by atoms with E-state index in [1.165, 1.54) is 24.6 Å². The second kappa shape index (κ2) is 7.23. The van der Waals surface area contributed by atoms with Gasteiger partial charge in [-0.25, -0.2) is 4.68 Å². The zero-order chi connectivity index (χ0) is 15.4. The first-order chi connectivity index (χ1) is 10.7. The van der Waals surface area contributed by atoms with Crippen LogP contribution in [0.1, 0.15) is 49.6 Å². The standard InChI is InChI=1S/C14H19N5OS2/c1-10(12-7-4-8-21-12)15-13(20)9-22-14-16-17-18-19(14)11-5-2-3-6-11/h4,7-8,10-11H,2-3,5-6,9H2,1H3,(H,15,20). The SMILES string of the molecule is CC(NC(=O)CSc1nnnn1C1CCCC1)c1cccs1. The van der Waals surface area contributed by atoms with E-state index in [-0.39, 0.29) is 11.9 Å². The molecule has 1 N–H and O–H groups in total. The van der Waals surface area contributed by atoms with Gasteiger partial charge in [0.05, 0.1) is 17.8 Å². The zero-order valence-electron chi connectivity index (χ0n) is 12.4. The van der Waals surface area contributed by atoms with Crippen LogP contribution in [-0.4, -0.2) is 31.9 Å². The summed E-state index contributed by atoms with van der Waals surface area (Å²) in [6.45, 7) is 2.00. The smallest absolute Gasteiger partial charge is 0.230 e. The molecular formula is C14H19N5OS2. The van der Waals surface area contributed by atoms with Gasteiger partial charge in [0.25, 0.3) is 0 Å². The summed E-state index contributed by atoms with van der Waals surface area (Å²) in [6.07, 6.45) is 4.71. The Kier molecular flexibility index (Phi) is 5.09. The topological polar surface area (TPSA) is 72.7 Å². The van der Waals surface area contributed by atoms with Crippen molar-refractivity contribution in [2.75, 3.05) is 5.75 Å². The Morgan fingerprint density at radius 2 is 2.36 bits per heavy atom. The van der Waals surface area contributed by atoms with Crippen molar-refractivity contribution in [3.05, 3.63) is 22.4 Å². The Morgan fingerprint density at radius 1 is 1.55 bits per heavy atom. The van der Waals surface area contributed by atoms with E-state index in [0.29, 0.717) is 11.8 Å². The lowest BCUT2D eigenvalue weighted by Gasteiger charge is -2.13. The average molecular weight is 337 g/mol. The summed E-state index contributed by atoms with van der Waals surface area (Å²) in [7, 11) is 0. The number of nitrogens with zero attached hydrogens (tertiary/aromatic N) is 4. The number of carbonyl (C=O) groups is 1. The zero-order valence-corrected chi connectivity index (χ0v) is 14.1. The number of hydrogen-bond donors (Lipinski definition) is 1. The Morgan fingerprint density at radius 3 is 3.09 bits per heavy atom. The van der Waals surface area contributed by atoms with Crippen LogP contribution >= 0.6 is 23.1 Å². The summed E-state index contributed by atoms with van der Waals surface area (Å²) in [5.41, 5.74) is 0. The third-order valence-corrected chi connectivity index (χ3v) is 5.80. The number of carbonyl (C=O) groups excluding carboxylic acids is 1. The molecule has 1 unspecified atom stereocenters. The van der Waals surface area contributed by atoms with E-state index in [1.54, 1.807) is 11.3 Å². The molecule has 22 heavy (non-hydrogen) atoms. The molecule has 1 aliphatic rings. The van der Waals surface area contributed by atoms with Gasteiger partial charge < -0.3 is 5.32 Å². The lowest BCUT2D eigenvalue weighted by molar-refractivity contribution is -0.119. The molecule has 2 aromatic rings. The van der Waals surface area contributed by atoms with E-state index in [9.17, 15) is 4.79 Å². The third-order valence-electron chi connectivity index (χ3n) is 3.81. The first-order valence-corrected chi connectivity index (χ1v) is 9.34. The van der Waals surface area contributed by atoms with E-state index < -0.39 is 0 Å². The van der Waals surface area contributed by atoms with Gasteiger partial charge in [0.2, 0.25) is 11.1 Å². The molecule has 1 aliphatic carbocycles. The Bertz CT molecular complexity index is 607. The summed E-state index contributed by atoms with van der Waals surface area (Å²) in [6, 6.07) is 4.46. The Hall–Kier alpha value is -1.41. The second-order valence-corrected chi connectivity index (χ2v) is 7.36. The fourth-order valence-corrected chi connectivity index (χ4v) is 4.17. The number of aromatic nitrogens is 4. The number of thiophene rings is 1. The fraction of sp³-hybridized carbons (Fsp3) is 0.571. The molecule has 0 bridgehead atoms. The molecule has 0 radical (unpaired) electrons. The van der Waals surface area contributed by atoms with Crippen molar-refractivity contribution in [2.24, 2.45) is 0 Å². The molecule has 0 saturated heterocycles. The van der Waals surface area contributed by atoms with Crippen molar-refractivity contribution in [2.45, 2.75) is 49.8 Å². The Balaban J connectivity index is 1.52. The quantitative estimate of drug-likeness (QED) is 0.821. The molecular weight excluding hydrogens is 318 g/mol. The molecule has 0 aromatic carbocycles. The van der Waals surface area contributed by atoms with Crippen LogP contribution in [0.5, 0.6) is 0 Å². The predicted octanol–water partition coefficient (Wildman–Crippen LogP) is 2.82. The minimum Gasteiger partial charge on any atom is -0.348 e. The third kappa shape index (κ3) is 3.67. The van der Waals surface area contributed by atoms with Gasteiger partial charge in [-0.05, 0) is 41.6 Å². The lowest BCUT2D eigenvalue weighted by atomic mass is 10.3. The minimum atomic E-state index is 0.00636. The van der Waals surface area contributed by atoms with Gasteiger partial charge >= 0.3 is 0 Å². The summed E-state index contributed by atoms with van der Waals surface area (Å²) < 4.78 is 1.88. The van der Waals surface area contributed by atoms with Crippen molar-refractivity contribution < 1.29 is 4.79 Å². The van der Waals surface area contributed by atoms with Crippen LogP contribution in [0.4, 0.5) is 0 Å². The maximum Gasteiger partial charge on any atom is 0.230 e. The normalized spacial score (nSPS) is 16.8. The van der Waals surface area contributed by atoms with Gasteiger partial charge in [0.1, 0.15) is 0 Å². The number of nitrogens with one attached hydrogen (secondary N) is 1. The minimum absolute atomic E-state index is 0.00636. The molecule has 0 spiro atoms. The molecule has 0 aliphatic heterocycles. The van der Waals surface area contributed by atoms with Gasteiger partial charge in [-0.3, -0.25) is 4.79 Å². The van der Waals surface area contributed by atoms with Crippen molar-refractivity contribution in [3.63, 3.8) is 0 Å². The largest absolute Gasteiger partial charge is 0.348 e. The number of amides is 1. The van der Waals surface area contributed by atoms with E-state index >= 15 is 0 Å². The van der Waals surface area contributed by atoms with E-state index in [2.05, 4.69) is 20.8 Å². The molecule has 2 heterocycles. The van der Waals surface area contributed by atoms with Gasteiger partial charge in [-0.1, -0.05) is 30.7 Å². The van der Waals surface area contributed by atoms with Crippen molar-refractivity contribution in [1.29, 1.82) is 0 Å². The van der Waals surface area contributed by atoms with Crippen LogP contribution in [0.2, 0.25) is 0 Å². The molecule has 1 amide bonds. The van der Waals surface area contributed by atoms with Gasteiger partial charge in [-0.2, -0.15) is 0 Å². The van der Waals surface area contributed by atoms with Crippen LogP contribution in [0.3, 0.4) is 0 Å². The summed E-state index contributed by atoms with van der Waals surface area (Å²) in [5.74, 6) is 0.342. The molecule has 3 rings (SSSR count). The van der Waals surface area contributed by atoms with Crippen molar-refractivity contribution in [3.8, 4) is 0 Å². The summed E-state index contributed by atoms with van der Waals surface area (Å²) in [4.78, 5) is 13.2.